The van der Waals surface area contributed by atoms with Gasteiger partial charge in [0.05, 0.1) is 5.56 Å². The fraction of sp³-hybridized carbons (Fsp3) is 0.0500. The maximum absolute atomic E-state index is 12.0. The molecular weight excluding hydrogens is 352 g/mol. The number of aromatic nitrogens is 1. The maximum Gasteiger partial charge on any atom is 0.336 e. The lowest BCUT2D eigenvalue weighted by Gasteiger charge is -2.09. The van der Waals surface area contributed by atoms with E-state index in [0.717, 1.165) is 0 Å². The highest BCUT2D eigenvalue weighted by Gasteiger charge is 2.14. The average Bonchev–Trinajstić information content (AvgIpc) is 2.61. The number of benzene rings is 2. The standard InChI is InChI=1S/C20H13ClN2O3/c1-11-8-16(18(10-22)19(24)23-11)12-2-4-13(5-3-12)17-9-14(21)6-7-15(17)20(25)26/h2-9H,1H3,(H,23,24)(H,25,26). The second kappa shape index (κ2) is 6.87. The molecule has 0 aliphatic rings. The summed E-state index contributed by atoms with van der Waals surface area (Å²) in [5.74, 6) is -1.04. The van der Waals surface area contributed by atoms with Gasteiger partial charge in [0.25, 0.3) is 5.56 Å². The van der Waals surface area contributed by atoms with Gasteiger partial charge in [0.1, 0.15) is 11.6 Å². The van der Waals surface area contributed by atoms with Crippen molar-refractivity contribution in [3.63, 3.8) is 0 Å². The summed E-state index contributed by atoms with van der Waals surface area (Å²) < 4.78 is 0. The Hall–Kier alpha value is -3.36. The number of aromatic carboxylic acids is 1. The molecule has 0 unspecified atom stereocenters. The van der Waals surface area contributed by atoms with Gasteiger partial charge in [-0.25, -0.2) is 4.79 Å². The largest absolute Gasteiger partial charge is 0.478 e. The van der Waals surface area contributed by atoms with Gasteiger partial charge in [-0.05, 0) is 47.9 Å². The first-order valence-corrected chi connectivity index (χ1v) is 8.06. The number of carboxylic acids is 1. The summed E-state index contributed by atoms with van der Waals surface area (Å²) in [6.45, 7) is 1.74. The molecule has 0 radical (unpaired) electrons. The van der Waals surface area contributed by atoms with Crippen molar-refractivity contribution in [2.24, 2.45) is 0 Å². The second-order valence-electron chi connectivity index (χ2n) is 5.75. The molecule has 0 atom stereocenters. The number of nitriles is 1. The zero-order chi connectivity index (χ0) is 18.8. The molecular formula is C20H13ClN2O3. The number of hydrogen-bond acceptors (Lipinski definition) is 3. The van der Waals surface area contributed by atoms with Crippen molar-refractivity contribution in [3.05, 3.63) is 80.7 Å². The number of halogens is 1. The summed E-state index contributed by atoms with van der Waals surface area (Å²) in [5, 5.41) is 19.1. The Morgan fingerprint density at radius 1 is 1.08 bits per heavy atom. The van der Waals surface area contributed by atoms with Gasteiger partial charge < -0.3 is 10.1 Å². The van der Waals surface area contributed by atoms with Gasteiger partial charge in [-0.2, -0.15) is 5.26 Å². The number of rotatable bonds is 3. The lowest BCUT2D eigenvalue weighted by atomic mass is 9.95. The van der Waals surface area contributed by atoms with E-state index in [0.29, 0.717) is 33.0 Å². The minimum Gasteiger partial charge on any atom is -0.478 e. The van der Waals surface area contributed by atoms with E-state index < -0.39 is 11.5 Å². The van der Waals surface area contributed by atoms with Crippen LogP contribution in [0.15, 0.2) is 53.3 Å². The molecule has 2 aromatic carbocycles. The van der Waals surface area contributed by atoms with E-state index >= 15 is 0 Å². The van der Waals surface area contributed by atoms with Crippen LogP contribution in [0.25, 0.3) is 22.3 Å². The molecule has 0 aliphatic carbocycles. The number of carbonyl (C=O) groups is 1. The molecule has 1 heterocycles. The van der Waals surface area contributed by atoms with Gasteiger partial charge in [-0.15, -0.1) is 0 Å². The lowest BCUT2D eigenvalue weighted by Crippen LogP contribution is -2.12. The third-order valence-electron chi connectivity index (χ3n) is 4.00. The van der Waals surface area contributed by atoms with E-state index in [-0.39, 0.29) is 11.1 Å². The molecule has 0 saturated heterocycles. The van der Waals surface area contributed by atoms with E-state index in [4.69, 9.17) is 11.6 Å². The number of H-pyrrole nitrogens is 1. The lowest BCUT2D eigenvalue weighted by molar-refractivity contribution is 0.0697. The molecule has 0 saturated carbocycles. The normalized spacial score (nSPS) is 10.3. The second-order valence-corrected chi connectivity index (χ2v) is 6.19. The topological polar surface area (TPSA) is 93.9 Å². The van der Waals surface area contributed by atoms with Gasteiger partial charge in [-0.1, -0.05) is 35.9 Å². The van der Waals surface area contributed by atoms with Crippen molar-refractivity contribution in [1.82, 2.24) is 4.98 Å². The fourth-order valence-corrected chi connectivity index (χ4v) is 2.97. The van der Waals surface area contributed by atoms with Crippen molar-refractivity contribution >= 4 is 17.6 Å². The summed E-state index contributed by atoms with van der Waals surface area (Å²) in [4.78, 5) is 26.0. The molecule has 2 N–H and O–H groups in total. The van der Waals surface area contributed by atoms with E-state index in [1.165, 1.54) is 12.1 Å². The molecule has 0 spiro atoms. The predicted octanol–water partition coefficient (Wildman–Crippen LogP) is 4.24. The van der Waals surface area contributed by atoms with Crippen LogP contribution < -0.4 is 5.56 Å². The van der Waals surface area contributed by atoms with E-state index in [2.05, 4.69) is 4.98 Å². The first-order valence-electron chi connectivity index (χ1n) is 7.68. The molecule has 3 rings (SSSR count). The summed E-state index contributed by atoms with van der Waals surface area (Å²) in [6, 6.07) is 15.2. The molecule has 6 heteroatoms. The molecule has 0 fully saturated rings. The van der Waals surface area contributed by atoms with Crippen LogP contribution in [0.4, 0.5) is 0 Å². The number of nitrogens with one attached hydrogen (secondary N) is 1. The first kappa shape index (κ1) is 17.5. The summed E-state index contributed by atoms with van der Waals surface area (Å²) in [5.41, 5.74) is 2.80. The molecule has 5 nitrogen and oxygen atoms in total. The van der Waals surface area contributed by atoms with Gasteiger partial charge in [0.15, 0.2) is 0 Å². The molecule has 1 aromatic heterocycles. The average molecular weight is 365 g/mol. The SMILES string of the molecule is Cc1cc(-c2ccc(-c3cc(Cl)ccc3C(=O)O)cc2)c(C#N)c(=O)[nH]1. The van der Waals surface area contributed by atoms with Gasteiger partial charge >= 0.3 is 5.97 Å². The van der Waals surface area contributed by atoms with Gasteiger partial charge in [0, 0.05) is 16.3 Å². The van der Waals surface area contributed by atoms with Crippen LogP contribution in [-0.4, -0.2) is 16.1 Å². The minimum atomic E-state index is -1.04. The van der Waals surface area contributed by atoms with Crippen LogP contribution in [0, 0.1) is 18.3 Å². The predicted molar refractivity (Wildman–Crippen MR) is 99.4 cm³/mol. The van der Waals surface area contributed by atoms with Crippen LogP contribution in [0.2, 0.25) is 5.02 Å². The summed E-state index contributed by atoms with van der Waals surface area (Å²) >= 11 is 6.01. The highest BCUT2D eigenvalue weighted by molar-refractivity contribution is 6.31. The quantitative estimate of drug-likeness (QED) is 0.726. The van der Waals surface area contributed by atoms with Crippen LogP contribution in [0.5, 0.6) is 0 Å². The number of aromatic amines is 1. The van der Waals surface area contributed by atoms with Crippen molar-refractivity contribution in [2.45, 2.75) is 6.92 Å². The number of hydrogen-bond donors (Lipinski definition) is 2. The third-order valence-corrected chi connectivity index (χ3v) is 4.23. The summed E-state index contributed by atoms with van der Waals surface area (Å²) in [6.07, 6.45) is 0. The van der Waals surface area contributed by atoms with Crippen molar-refractivity contribution < 1.29 is 9.90 Å². The molecule has 3 aromatic rings. The zero-order valence-corrected chi connectivity index (χ0v) is 14.5. The fourth-order valence-electron chi connectivity index (χ4n) is 2.80. The number of carboxylic acid groups (broad SMARTS) is 1. The van der Waals surface area contributed by atoms with E-state index in [1.807, 2.05) is 6.07 Å². The van der Waals surface area contributed by atoms with Gasteiger partial charge in [0.2, 0.25) is 0 Å². The zero-order valence-electron chi connectivity index (χ0n) is 13.7. The molecule has 0 bridgehead atoms. The highest BCUT2D eigenvalue weighted by atomic mass is 35.5. The van der Waals surface area contributed by atoms with Crippen molar-refractivity contribution in [2.75, 3.05) is 0 Å². The maximum atomic E-state index is 12.0. The Kier molecular flexibility index (Phi) is 4.61. The Bertz CT molecular complexity index is 1110. The molecule has 0 aliphatic heterocycles. The van der Waals surface area contributed by atoms with Crippen molar-refractivity contribution in [3.8, 4) is 28.3 Å². The number of pyridine rings is 1. The summed E-state index contributed by atoms with van der Waals surface area (Å²) in [7, 11) is 0. The molecule has 0 amide bonds. The van der Waals surface area contributed by atoms with Crippen LogP contribution in [-0.2, 0) is 0 Å². The van der Waals surface area contributed by atoms with Crippen LogP contribution >= 0.6 is 11.6 Å². The number of aryl methyl sites for hydroxylation is 1. The smallest absolute Gasteiger partial charge is 0.336 e. The molecule has 128 valence electrons. The van der Waals surface area contributed by atoms with Crippen molar-refractivity contribution in [1.29, 1.82) is 5.26 Å². The number of nitrogens with zero attached hydrogens (tertiary/aromatic N) is 1. The first-order chi connectivity index (χ1) is 12.4. The molecule has 26 heavy (non-hydrogen) atoms. The van der Waals surface area contributed by atoms with Gasteiger partial charge in [-0.3, -0.25) is 4.79 Å². The van der Waals surface area contributed by atoms with Crippen LogP contribution in [0.1, 0.15) is 21.6 Å². The Balaban J connectivity index is 2.12. The van der Waals surface area contributed by atoms with E-state index in [1.54, 1.807) is 43.3 Å². The Labute approximate surface area is 154 Å². The van der Waals surface area contributed by atoms with Crippen LogP contribution in [0.3, 0.4) is 0 Å². The van der Waals surface area contributed by atoms with E-state index in [9.17, 15) is 20.0 Å². The monoisotopic (exact) mass is 364 g/mol. The Morgan fingerprint density at radius 3 is 2.27 bits per heavy atom. The highest BCUT2D eigenvalue weighted by Crippen LogP contribution is 2.30. The third kappa shape index (κ3) is 3.23. The minimum absolute atomic E-state index is 0.0392. The Morgan fingerprint density at radius 2 is 1.69 bits per heavy atom.